The lowest BCUT2D eigenvalue weighted by Gasteiger charge is -2.14. The minimum Gasteiger partial charge on any atom is -0.0525 e. The number of halogens is 6. The third-order valence-electron chi connectivity index (χ3n) is 2.89. The molecule has 0 heterocycles. The fourth-order valence-electron chi connectivity index (χ4n) is 2.08. The van der Waals surface area contributed by atoms with Gasteiger partial charge < -0.3 is 0 Å². The van der Waals surface area contributed by atoms with E-state index < -0.39 is 0 Å². The van der Waals surface area contributed by atoms with Crippen molar-refractivity contribution < 1.29 is 0 Å². The smallest absolute Gasteiger partial charge is 0.0472 e. The van der Waals surface area contributed by atoms with Crippen LogP contribution >= 0.6 is 95.6 Å². The monoisotopic (exact) mass is 620 g/mol. The number of hydrogen-bond acceptors (Lipinski definition) is 0. The second kappa shape index (κ2) is 4.95. The molecule has 6 heteroatoms. The van der Waals surface area contributed by atoms with Crippen molar-refractivity contribution in [1.29, 1.82) is 0 Å². The Bertz CT molecular complexity index is 686. The summed E-state index contributed by atoms with van der Waals surface area (Å²) in [4.78, 5) is 0. The molecule has 0 radical (unpaired) electrons. The highest BCUT2D eigenvalue weighted by Crippen LogP contribution is 2.52. The molecule has 0 saturated carbocycles. The van der Waals surface area contributed by atoms with E-state index in [-0.39, 0.29) is 0 Å². The Morgan fingerprint density at radius 3 is 1.22 bits per heavy atom. The predicted octanol–water partition coefficient (Wildman–Crippen LogP) is 7.90. The van der Waals surface area contributed by atoms with E-state index in [1.165, 1.54) is 16.5 Å². The summed E-state index contributed by atoms with van der Waals surface area (Å²) < 4.78 is 6.27. The molecule has 92 valence electrons. The Morgan fingerprint density at radius 1 is 0.444 bits per heavy atom. The van der Waals surface area contributed by atoms with Crippen molar-refractivity contribution in [1.82, 2.24) is 0 Å². The molecule has 0 aromatic heterocycles. The summed E-state index contributed by atoms with van der Waals surface area (Å²) in [6.07, 6.45) is 4.26. The predicted molar refractivity (Wildman–Crippen MR) is 99.1 cm³/mol. The van der Waals surface area contributed by atoms with E-state index in [2.05, 4.69) is 108 Å². The van der Waals surface area contributed by atoms with Gasteiger partial charge in [0.05, 0.1) is 0 Å². The highest BCUT2D eigenvalue weighted by Gasteiger charge is 2.24. The zero-order chi connectivity index (χ0) is 13.2. The molecular weight excluding hydrogens is 624 g/mol. The van der Waals surface area contributed by atoms with E-state index in [9.17, 15) is 0 Å². The minimum atomic E-state index is 1.03. The van der Waals surface area contributed by atoms with E-state index in [0.29, 0.717) is 0 Å². The van der Waals surface area contributed by atoms with Gasteiger partial charge in [-0.3, -0.25) is 0 Å². The van der Waals surface area contributed by atoms with Gasteiger partial charge in [-0.1, -0.05) is 12.2 Å². The van der Waals surface area contributed by atoms with E-state index in [1.54, 1.807) is 0 Å². The fraction of sp³-hybridized carbons (Fsp3) is 0. The molecule has 0 spiro atoms. The van der Waals surface area contributed by atoms with Crippen LogP contribution in [0.3, 0.4) is 0 Å². The molecule has 3 rings (SSSR count). The lowest BCUT2D eigenvalue weighted by molar-refractivity contribution is 1.52. The van der Waals surface area contributed by atoms with Gasteiger partial charge >= 0.3 is 0 Å². The summed E-state index contributed by atoms with van der Waals surface area (Å²) in [5, 5.41) is 2.40. The molecule has 0 N–H and O–H groups in total. The number of hydrogen-bond donors (Lipinski definition) is 0. The number of benzene rings is 2. The Kier molecular flexibility index (Phi) is 3.92. The Morgan fingerprint density at radius 2 is 0.833 bits per heavy atom. The average Bonchev–Trinajstić information content (AvgIpc) is 2.78. The highest BCUT2D eigenvalue weighted by atomic mass is 79.9. The van der Waals surface area contributed by atoms with Crippen LogP contribution in [0.1, 0.15) is 11.1 Å². The summed E-state index contributed by atoms with van der Waals surface area (Å²) in [7, 11) is 0. The Balaban J connectivity index is 2.71. The lowest BCUT2D eigenvalue weighted by atomic mass is 10.0. The molecule has 0 saturated heterocycles. The molecule has 0 fully saturated rings. The van der Waals surface area contributed by atoms with Gasteiger partial charge in [0.1, 0.15) is 0 Å². The topological polar surface area (TPSA) is 0 Å². The summed E-state index contributed by atoms with van der Waals surface area (Å²) in [6, 6.07) is 0. The lowest BCUT2D eigenvalue weighted by Crippen LogP contribution is -1.89. The Hall–Kier alpha value is 1.32. The van der Waals surface area contributed by atoms with Gasteiger partial charge in [0.2, 0.25) is 0 Å². The zero-order valence-corrected chi connectivity index (χ0v) is 17.9. The number of rotatable bonds is 0. The van der Waals surface area contributed by atoms with Crippen molar-refractivity contribution in [2.45, 2.75) is 0 Å². The van der Waals surface area contributed by atoms with E-state index in [4.69, 9.17) is 0 Å². The van der Waals surface area contributed by atoms with Crippen molar-refractivity contribution in [3.05, 3.63) is 38.0 Å². The maximum Gasteiger partial charge on any atom is 0.0472 e. The second-order valence-electron chi connectivity index (χ2n) is 3.79. The van der Waals surface area contributed by atoms with Crippen molar-refractivity contribution in [2.75, 3.05) is 0 Å². The van der Waals surface area contributed by atoms with Gasteiger partial charge in [-0.25, -0.2) is 0 Å². The van der Waals surface area contributed by atoms with Crippen molar-refractivity contribution >= 4 is 119 Å². The molecule has 0 bridgehead atoms. The summed E-state index contributed by atoms with van der Waals surface area (Å²) >= 11 is 21.9. The van der Waals surface area contributed by atoms with Crippen LogP contribution in [-0.4, -0.2) is 0 Å². The summed E-state index contributed by atoms with van der Waals surface area (Å²) in [5.41, 5.74) is 2.40. The van der Waals surface area contributed by atoms with Gasteiger partial charge in [0, 0.05) is 37.6 Å². The fourth-order valence-corrected chi connectivity index (χ4v) is 5.95. The molecule has 2 aromatic carbocycles. The summed E-state index contributed by atoms with van der Waals surface area (Å²) in [5.74, 6) is 0. The maximum absolute atomic E-state index is 3.67. The SMILES string of the molecule is Brc1c(Br)c2c3c(c(Br)c(Br)c(Br)c3c1Br)C=C2. The third kappa shape index (κ3) is 1.82. The van der Waals surface area contributed by atoms with Crippen molar-refractivity contribution in [2.24, 2.45) is 0 Å². The van der Waals surface area contributed by atoms with Gasteiger partial charge in [-0.05, 0) is 107 Å². The van der Waals surface area contributed by atoms with Gasteiger partial charge in [0.25, 0.3) is 0 Å². The van der Waals surface area contributed by atoms with Crippen LogP contribution in [-0.2, 0) is 0 Å². The first-order chi connectivity index (χ1) is 8.45. The highest BCUT2D eigenvalue weighted by molar-refractivity contribution is 9.15. The van der Waals surface area contributed by atoms with Gasteiger partial charge in [-0.15, -0.1) is 0 Å². The summed E-state index contributed by atoms with van der Waals surface area (Å²) in [6.45, 7) is 0. The largest absolute Gasteiger partial charge is 0.0525 e. The van der Waals surface area contributed by atoms with Crippen LogP contribution in [0, 0.1) is 0 Å². The van der Waals surface area contributed by atoms with E-state index >= 15 is 0 Å². The van der Waals surface area contributed by atoms with Crippen molar-refractivity contribution in [3.63, 3.8) is 0 Å². The molecule has 0 unspecified atom stereocenters. The minimum absolute atomic E-state index is 1.03. The first kappa shape index (κ1) is 14.3. The van der Waals surface area contributed by atoms with Crippen molar-refractivity contribution in [3.8, 4) is 0 Å². The van der Waals surface area contributed by atoms with E-state index in [0.717, 1.165) is 32.2 Å². The zero-order valence-electron chi connectivity index (χ0n) is 8.42. The van der Waals surface area contributed by atoms with E-state index in [1.807, 2.05) is 0 Å². The standard InChI is InChI=1S/C12H2Br6/c13-7-3-1-2-4-5(3)6(9(15)11(7)17)10(16)12(18)8(4)14/h1-2H. The average molecular weight is 626 g/mol. The van der Waals surface area contributed by atoms with Crippen LogP contribution in [0.25, 0.3) is 22.9 Å². The first-order valence-corrected chi connectivity index (χ1v) is 9.55. The van der Waals surface area contributed by atoms with Crippen LogP contribution in [0.5, 0.6) is 0 Å². The Labute approximate surface area is 154 Å². The first-order valence-electron chi connectivity index (χ1n) is 4.79. The van der Waals surface area contributed by atoms with Crippen LogP contribution in [0.15, 0.2) is 26.8 Å². The quantitative estimate of drug-likeness (QED) is 0.223. The molecule has 1 aliphatic rings. The second-order valence-corrected chi connectivity index (χ2v) is 8.55. The molecular formula is C12H2Br6. The normalized spacial score (nSPS) is 12.8. The van der Waals surface area contributed by atoms with Gasteiger partial charge in [-0.2, -0.15) is 0 Å². The molecule has 2 aromatic rings. The molecule has 0 atom stereocenters. The van der Waals surface area contributed by atoms with Crippen LogP contribution in [0.2, 0.25) is 0 Å². The molecule has 1 aliphatic carbocycles. The molecule has 0 nitrogen and oxygen atoms in total. The van der Waals surface area contributed by atoms with Gasteiger partial charge in [0.15, 0.2) is 0 Å². The van der Waals surface area contributed by atoms with Crippen LogP contribution < -0.4 is 0 Å². The molecule has 0 amide bonds. The molecule has 0 aliphatic heterocycles. The molecule has 18 heavy (non-hydrogen) atoms. The third-order valence-corrected chi connectivity index (χ3v) is 9.84. The maximum atomic E-state index is 3.67. The van der Waals surface area contributed by atoms with Crippen LogP contribution in [0.4, 0.5) is 0 Å².